The zero-order valence-electron chi connectivity index (χ0n) is 46.6. The lowest BCUT2D eigenvalue weighted by atomic mass is 10.1. The molecule has 79 heavy (non-hydrogen) atoms. The van der Waals surface area contributed by atoms with Gasteiger partial charge in [0.25, 0.3) is 0 Å². The Morgan fingerprint density at radius 3 is 1.44 bits per heavy atom. The lowest BCUT2D eigenvalue weighted by molar-refractivity contribution is -0.856. The van der Waals surface area contributed by atoms with Crippen LogP contribution in [-0.4, -0.2) is 148 Å². The fourth-order valence-corrected chi connectivity index (χ4v) is 8.32. The number of likely N-dealkylation sites (N-methyl/N-ethyl adjacent to an activating group) is 4. The van der Waals surface area contributed by atoms with Crippen molar-refractivity contribution in [3.05, 3.63) is 135 Å². The van der Waals surface area contributed by atoms with Gasteiger partial charge in [-0.15, -0.1) is 0 Å². The predicted octanol–water partition coefficient (Wildman–Crippen LogP) is 6.76. The fourth-order valence-electron chi connectivity index (χ4n) is 8.32. The van der Waals surface area contributed by atoms with Crippen LogP contribution in [0.4, 0.5) is 46.0 Å². The number of nitrogens with one attached hydrogen (secondary N) is 5. The topological polar surface area (TPSA) is 233 Å². The first kappa shape index (κ1) is 59.4. The Kier molecular flexibility index (Phi) is 20.3. The van der Waals surface area contributed by atoms with Gasteiger partial charge < -0.3 is 64.0 Å². The normalized spacial score (nSPS) is 11.0. The van der Waals surface area contributed by atoms with Crippen molar-refractivity contribution in [3.63, 3.8) is 0 Å². The number of rotatable bonds is 20. The second-order valence-electron chi connectivity index (χ2n) is 19.0. The average molecular weight is 1100 g/mol. The van der Waals surface area contributed by atoms with Crippen molar-refractivity contribution in [2.75, 3.05) is 120 Å². The van der Waals surface area contributed by atoms with E-state index >= 15 is 0 Å². The van der Waals surface area contributed by atoms with Crippen molar-refractivity contribution in [3.8, 4) is 34.0 Å². The Hall–Kier alpha value is -8.83. The summed E-state index contributed by atoms with van der Waals surface area (Å²) in [5.41, 5.74) is 10.1. The first-order valence-corrected chi connectivity index (χ1v) is 26.8. The van der Waals surface area contributed by atoms with Crippen LogP contribution in [0, 0.1) is 0 Å². The van der Waals surface area contributed by atoms with Gasteiger partial charge in [0, 0.05) is 117 Å². The van der Waals surface area contributed by atoms with Crippen LogP contribution in [0.2, 0.25) is 0 Å². The molecule has 4 aromatic heterocycles. The SMILES string of the molecule is C=CC(=O)Nc1cc(Nc2nccc(-c3cn(C)c4ccccc34)n2)c(OC)cc1N(C)CCN(C)C.C=CC(=O)Nc1cc(Nc2nccc(-c3cn(C)c4ccccc34)n2)c(OC)cc1N(C)CC[NH+](C)C.CS(=O)(=O)[O-]. The van der Waals surface area contributed by atoms with Crippen LogP contribution in [0.1, 0.15) is 0 Å². The van der Waals surface area contributed by atoms with E-state index in [0.29, 0.717) is 52.4 Å². The first-order chi connectivity index (χ1) is 37.6. The van der Waals surface area contributed by atoms with E-state index in [4.69, 9.17) is 32.4 Å². The van der Waals surface area contributed by atoms with Crippen LogP contribution >= 0.6 is 0 Å². The zero-order valence-corrected chi connectivity index (χ0v) is 47.4. The number of ether oxygens (including phenoxy) is 2. The van der Waals surface area contributed by atoms with Gasteiger partial charge in [-0.2, -0.15) is 0 Å². The maximum Gasteiger partial charge on any atom is 0.247 e. The maximum absolute atomic E-state index is 12.2. The number of aryl methyl sites for hydroxylation is 2. The number of quaternary nitrogens is 1. The Bertz CT molecular complexity index is 3340. The molecule has 21 nitrogen and oxygen atoms in total. The summed E-state index contributed by atoms with van der Waals surface area (Å²) in [5.74, 6) is 1.45. The monoisotopic (exact) mass is 1090 g/mol. The van der Waals surface area contributed by atoms with E-state index in [2.05, 4.69) is 119 Å². The third-order valence-electron chi connectivity index (χ3n) is 12.3. The molecule has 0 saturated carbocycles. The van der Waals surface area contributed by atoms with E-state index in [1.54, 1.807) is 26.6 Å². The minimum absolute atomic E-state index is 0.293. The highest BCUT2D eigenvalue weighted by Gasteiger charge is 2.20. The summed E-state index contributed by atoms with van der Waals surface area (Å²) in [5, 5.41) is 14.6. The zero-order chi connectivity index (χ0) is 57.6. The number of anilines is 8. The summed E-state index contributed by atoms with van der Waals surface area (Å²) in [6.07, 6.45) is 10.7. The number of para-hydroxylation sites is 2. The first-order valence-electron chi connectivity index (χ1n) is 25.0. The van der Waals surface area contributed by atoms with Crippen molar-refractivity contribution >= 4 is 89.8 Å². The highest BCUT2D eigenvalue weighted by atomic mass is 32.2. The molecule has 0 saturated heterocycles. The number of hydrogen-bond donors (Lipinski definition) is 5. The van der Waals surface area contributed by atoms with Gasteiger partial charge in [-0.25, -0.2) is 28.4 Å². The number of fused-ring (bicyclic) bond motifs is 2. The number of carbonyl (C=O) groups is 2. The molecule has 2 amide bonds. The number of benzene rings is 4. The molecule has 0 radical (unpaired) electrons. The number of aromatic nitrogens is 6. The van der Waals surface area contributed by atoms with Gasteiger partial charge in [0.15, 0.2) is 0 Å². The van der Waals surface area contributed by atoms with Crippen molar-refractivity contribution in [2.45, 2.75) is 0 Å². The van der Waals surface area contributed by atoms with Gasteiger partial charge in [-0.05, 0) is 62.6 Å². The molecule has 0 unspecified atom stereocenters. The quantitative estimate of drug-likeness (QED) is 0.0392. The van der Waals surface area contributed by atoms with Crippen molar-refractivity contribution in [1.29, 1.82) is 0 Å². The lowest BCUT2D eigenvalue weighted by Gasteiger charge is -2.26. The second-order valence-corrected chi connectivity index (χ2v) is 20.4. The highest BCUT2D eigenvalue weighted by molar-refractivity contribution is 7.84. The number of methoxy groups -OCH3 is 2. The molecule has 4 heterocycles. The third-order valence-corrected chi connectivity index (χ3v) is 12.3. The minimum atomic E-state index is -3.92. The molecule has 0 spiro atoms. The van der Waals surface area contributed by atoms with E-state index < -0.39 is 10.1 Å². The van der Waals surface area contributed by atoms with Crippen LogP contribution in [0.3, 0.4) is 0 Å². The molecule has 416 valence electrons. The standard InChI is InChI=1S/2C28H33N7O2.CH4O3S/c2*1-7-27(36)30-22-16-23(26(37-6)17-25(22)34(4)15-14-33(2)3)32-28-29-13-12-21(31-28)20-18-35(5)24-11-9-8-10-19(20)24;1-5(2,3)4/h2*7-13,16-18H,1,14-15H2,2-6H3,(H,30,36)(H,29,31,32);1H3,(H,2,3,4). The molecule has 0 fully saturated rings. The Labute approximate surface area is 462 Å². The molecule has 4 aromatic carbocycles. The van der Waals surface area contributed by atoms with Crippen molar-refractivity contribution < 1.29 is 36.9 Å². The fraction of sp³-hybridized carbons (Fsp3) is 0.263. The summed E-state index contributed by atoms with van der Waals surface area (Å²) < 4.78 is 42.8. The second kappa shape index (κ2) is 27.0. The highest BCUT2D eigenvalue weighted by Crippen LogP contribution is 2.40. The smallest absolute Gasteiger partial charge is 0.247 e. The lowest BCUT2D eigenvalue weighted by Crippen LogP contribution is -3.06. The van der Waals surface area contributed by atoms with Crippen LogP contribution in [0.5, 0.6) is 11.5 Å². The van der Waals surface area contributed by atoms with Crippen LogP contribution in [-0.2, 0) is 33.8 Å². The van der Waals surface area contributed by atoms with Gasteiger partial charge in [-0.3, -0.25) is 9.59 Å². The molecular weight excluding hydrogens is 1020 g/mol. The minimum Gasteiger partial charge on any atom is -0.748 e. The molecular formula is C57H70N14O7S. The summed E-state index contributed by atoms with van der Waals surface area (Å²) in [6.45, 7) is 10.5. The summed E-state index contributed by atoms with van der Waals surface area (Å²) in [6, 6.07) is 27.7. The van der Waals surface area contributed by atoms with E-state index in [1.807, 2.05) is 103 Å². The van der Waals surface area contributed by atoms with Gasteiger partial charge in [0.1, 0.15) is 11.5 Å². The van der Waals surface area contributed by atoms with E-state index in [1.165, 1.54) is 17.1 Å². The average Bonchev–Trinajstić information content (AvgIpc) is 3.96. The largest absolute Gasteiger partial charge is 0.748 e. The molecule has 0 aliphatic rings. The molecule has 5 N–H and O–H groups in total. The van der Waals surface area contributed by atoms with Crippen molar-refractivity contribution in [1.82, 2.24) is 34.0 Å². The third kappa shape index (κ3) is 16.1. The summed E-state index contributed by atoms with van der Waals surface area (Å²) in [4.78, 5) is 50.5. The Morgan fingerprint density at radius 1 is 0.658 bits per heavy atom. The van der Waals surface area contributed by atoms with Crippen LogP contribution in [0.25, 0.3) is 44.3 Å². The number of carbonyl (C=O) groups excluding carboxylic acids is 2. The Morgan fingerprint density at radius 2 is 1.06 bits per heavy atom. The maximum atomic E-state index is 12.2. The van der Waals surface area contributed by atoms with Crippen LogP contribution < -0.4 is 45.4 Å². The van der Waals surface area contributed by atoms with Crippen LogP contribution in [0.15, 0.2) is 135 Å². The molecule has 8 aromatic rings. The van der Waals surface area contributed by atoms with Crippen molar-refractivity contribution in [2.24, 2.45) is 14.1 Å². The van der Waals surface area contributed by atoms with Gasteiger partial charge in [-0.1, -0.05) is 49.6 Å². The van der Waals surface area contributed by atoms with Gasteiger partial charge >= 0.3 is 0 Å². The molecule has 8 rings (SSSR count). The van der Waals surface area contributed by atoms with Gasteiger partial charge in [0.2, 0.25) is 23.7 Å². The Balaban J connectivity index is 0.000000235. The van der Waals surface area contributed by atoms with E-state index in [0.717, 1.165) is 81.9 Å². The molecule has 0 bridgehead atoms. The molecule has 0 aliphatic carbocycles. The molecule has 0 aliphatic heterocycles. The summed E-state index contributed by atoms with van der Waals surface area (Å²) in [7, 11) is 15.6. The number of amides is 2. The van der Waals surface area contributed by atoms with Gasteiger partial charge in [0.05, 0.1) is 97.0 Å². The van der Waals surface area contributed by atoms with E-state index in [9.17, 15) is 9.59 Å². The number of hydrogen-bond acceptors (Lipinski definition) is 16. The number of nitrogens with zero attached hydrogens (tertiary/aromatic N) is 9. The molecule has 22 heteroatoms. The summed E-state index contributed by atoms with van der Waals surface area (Å²) >= 11 is 0. The molecule has 0 atom stereocenters. The predicted molar refractivity (Wildman–Crippen MR) is 316 cm³/mol. The van der Waals surface area contributed by atoms with E-state index in [-0.39, 0.29) is 11.8 Å².